The first kappa shape index (κ1) is 10.7. The largest absolute Gasteiger partial charge is 0.481 e. The fourth-order valence-electron chi connectivity index (χ4n) is 0.0632. The van der Waals surface area contributed by atoms with Crippen LogP contribution in [0.4, 0.5) is 0 Å². The van der Waals surface area contributed by atoms with Crippen LogP contribution < -0.4 is 0 Å². The summed E-state index contributed by atoms with van der Waals surface area (Å²) in [5.74, 6) is -0.833. The molecular formula is C4H9N3O2. The zero-order valence-corrected chi connectivity index (χ0v) is 5.40. The number of hydrogen-bond donors (Lipinski definition) is 1. The molecule has 0 radical (unpaired) electrons. The molecule has 0 heterocycles. The molecule has 0 aliphatic carbocycles. The maximum Gasteiger partial charge on any atom is 0.300 e. The Kier molecular flexibility index (Phi) is 11.8. The van der Waals surface area contributed by atoms with Gasteiger partial charge in [-0.25, -0.2) is 0 Å². The van der Waals surface area contributed by atoms with Crippen LogP contribution >= 0.6 is 0 Å². The van der Waals surface area contributed by atoms with Crippen LogP contribution in [0, 0.1) is 0 Å². The van der Waals surface area contributed by atoms with Gasteiger partial charge in [-0.3, -0.25) is 4.79 Å². The molecule has 0 saturated heterocycles. The Morgan fingerprint density at radius 2 is 2.22 bits per heavy atom. The Labute approximate surface area is 52.9 Å². The molecule has 0 saturated carbocycles. The van der Waals surface area contributed by atoms with Crippen molar-refractivity contribution in [2.45, 2.75) is 13.8 Å². The van der Waals surface area contributed by atoms with E-state index in [-0.39, 0.29) is 0 Å². The monoisotopic (exact) mass is 131 g/mol. The highest BCUT2D eigenvalue weighted by Crippen LogP contribution is 1.61. The molecule has 0 aromatic rings. The van der Waals surface area contributed by atoms with E-state index in [4.69, 9.17) is 15.4 Å². The number of rotatable bonds is 1. The molecule has 9 heavy (non-hydrogen) atoms. The molecule has 0 aromatic heterocycles. The molecule has 5 nitrogen and oxygen atoms in total. The van der Waals surface area contributed by atoms with Crippen LogP contribution in [0.15, 0.2) is 5.11 Å². The second kappa shape index (κ2) is 9.91. The zero-order valence-electron chi connectivity index (χ0n) is 5.40. The first-order chi connectivity index (χ1) is 4.15. The number of carboxylic acids is 1. The predicted octanol–water partition coefficient (Wildman–Crippen LogP) is 1.41. The van der Waals surface area contributed by atoms with E-state index in [1.165, 1.54) is 0 Å². The molecule has 0 unspecified atom stereocenters. The lowest BCUT2D eigenvalue weighted by atomic mass is 10.8. The quantitative estimate of drug-likeness (QED) is 0.331. The minimum Gasteiger partial charge on any atom is -0.481 e. The van der Waals surface area contributed by atoms with Gasteiger partial charge in [0.2, 0.25) is 0 Å². The number of azide groups is 1. The van der Waals surface area contributed by atoms with Crippen molar-refractivity contribution in [1.82, 2.24) is 0 Å². The van der Waals surface area contributed by atoms with Crippen molar-refractivity contribution in [3.63, 3.8) is 0 Å². The summed E-state index contributed by atoms with van der Waals surface area (Å²) in [5.41, 5.74) is 7.52. The van der Waals surface area contributed by atoms with E-state index < -0.39 is 5.97 Å². The van der Waals surface area contributed by atoms with Crippen LogP contribution in [-0.4, -0.2) is 17.6 Å². The average Bonchev–Trinajstić information content (AvgIpc) is 1.66. The van der Waals surface area contributed by atoms with Crippen molar-refractivity contribution < 1.29 is 9.90 Å². The van der Waals surface area contributed by atoms with Gasteiger partial charge in [-0.05, 0) is 5.53 Å². The minimum absolute atomic E-state index is 0.552. The van der Waals surface area contributed by atoms with Crippen molar-refractivity contribution >= 4 is 5.97 Å². The fourth-order valence-corrected chi connectivity index (χ4v) is 0.0632. The topological polar surface area (TPSA) is 86.1 Å². The molecule has 0 aliphatic heterocycles. The molecular weight excluding hydrogens is 122 g/mol. The molecule has 0 rings (SSSR count). The average molecular weight is 131 g/mol. The lowest BCUT2D eigenvalue weighted by molar-refractivity contribution is -0.134. The van der Waals surface area contributed by atoms with Gasteiger partial charge < -0.3 is 5.11 Å². The van der Waals surface area contributed by atoms with Crippen LogP contribution in [0.25, 0.3) is 10.4 Å². The summed E-state index contributed by atoms with van der Waals surface area (Å²) >= 11 is 0. The Bertz CT molecular complexity index is 113. The summed E-state index contributed by atoms with van der Waals surface area (Å²) in [6.07, 6.45) is 0. The molecule has 5 heteroatoms. The smallest absolute Gasteiger partial charge is 0.300 e. The van der Waals surface area contributed by atoms with Gasteiger partial charge in [0.05, 0.1) is 0 Å². The Balaban J connectivity index is 0. The van der Waals surface area contributed by atoms with Crippen LogP contribution in [0.5, 0.6) is 0 Å². The number of nitrogens with zero attached hydrogens (tertiary/aromatic N) is 3. The molecule has 1 N–H and O–H groups in total. The molecule has 0 atom stereocenters. The first-order valence-electron chi connectivity index (χ1n) is 2.35. The SMILES string of the molecule is CC(=O)O.CCN=[N+]=[N-]. The lowest BCUT2D eigenvalue weighted by Gasteiger charge is -1.59. The van der Waals surface area contributed by atoms with Gasteiger partial charge >= 0.3 is 0 Å². The molecule has 0 amide bonds. The zero-order chi connectivity index (χ0) is 7.70. The second-order valence-electron chi connectivity index (χ2n) is 1.07. The summed E-state index contributed by atoms with van der Waals surface area (Å²) in [6, 6.07) is 0. The number of hydrogen-bond acceptors (Lipinski definition) is 2. The van der Waals surface area contributed by atoms with Gasteiger partial charge in [0.25, 0.3) is 5.97 Å². The summed E-state index contributed by atoms with van der Waals surface area (Å²) in [7, 11) is 0. The highest BCUT2D eigenvalue weighted by Gasteiger charge is 1.65. The normalized spacial score (nSPS) is 6.00. The van der Waals surface area contributed by atoms with Gasteiger partial charge in [-0.2, -0.15) is 0 Å². The van der Waals surface area contributed by atoms with E-state index in [0.717, 1.165) is 6.92 Å². The predicted molar refractivity (Wildman–Crippen MR) is 33.0 cm³/mol. The second-order valence-corrected chi connectivity index (χ2v) is 1.07. The maximum atomic E-state index is 9.00. The number of aliphatic carboxylic acids is 1. The first-order valence-corrected chi connectivity index (χ1v) is 2.35. The van der Waals surface area contributed by atoms with Gasteiger partial charge in [0, 0.05) is 18.4 Å². The third-order valence-electron chi connectivity index (χ3n) is 0.205. The van der Waals surface area contributed by atoms with Gasteiger partial charge in [0.1, 0.15) is 0 Å². The molecule has 52 valence electrons. The van der Waals surface area contributed by atoms with Gasteiger partial charge in [-0.1, -0.05) is 12.0 Å². The van der Waals surface area contributed by atoms with Crippen LogP contribution in [0.2, 0.25) is 0 Å². The maximum absolute atomic E-state index is 9.00. The van der Waals surface area contributed by atoms with E-state index in [1.54, 1.807) is 6.92 Å². The Morgan fingerprint density at radius 3 is 2.22 bits per heavy atom. The minimum atomic E-state index is -0.833. The Morgan fingerprint density at radius 1 is 1.89 bits per heavy atom. The van der Waals surface area contributed by atoms with Crippen molar-refractivity contribution in [3.8, 4) is 0 Å². The molecule has 0 spiro atoms. The Hall–Kier alpha value is -1.22. The fraction of sp³-hybridized carbons (Fsp3) is 0.750. The molecule has 0 fully saturated rings. The highest BCUT2D eigenvalue weighted by molar-refractivity contribution is 5.62. The van der Waals surface area contributed by atoms with E-state index in [1.807, 2.05) is 0 Å². The van der Waals surface area contributed by atoms with Gasteiger partial charge in [0.15, 0.2) is 0 Å². The highest BCUT2D eigenvalue weighted by atomic mass is 16.4. The summed E-state index contributed by atoms with van der Waals surface area (Å²) in [4.78, 5) is 11.5. The third-order valence-corrected chi connectivity index (χ3v) is 0.205. The number of carboxylic acid groups (broad SMARTS) is 1. The molecule has 0 aromatic carbocycles. The summed E-state index contributed by atoms with van der Waals surface area (Å²) in [6.45, 7) is 3.43. The third kappa shape index (κ3) is 255. The van der Waals surface area contributed by atoms with Crippen LogP contribution in [0.1, 0.15) is 13.8 Å². The van der Waals surface area contributed by atoms with Crippen LogP contribution in [0.3, 0.4) is 0 Å². The van der Waals surface area contributed by atoms with Gasteiger partial charge in [-0.15, -0.1) is 0 Å². The van der Waals surface area contributed by atoms with Crippen molar-refractivity contribution in [2.75, 3.05) is 6.54 Å². The van der Waals surface area contributed by atoms with Crippen molar-refractivity contribution in [3.05, 3.63) is 10.4 Å². The lowest BCUT2D eigenvalue weighted by Crippen LogP contribution is -1.78. The number of carbonyl (C=O) groups is 1. The molecule has 0 aliphatic rings. The van der Waals surface area contributed by atoms with E-state index in [2.05, 4.69) is 10.0 Å². The van der Waals surface area contributed by atoms with Crippen molar-refractivity contribution in [2.24, 2.45) is 5.11 Å². The summed E-state index contributed by atoms with van der Waals surface area (Å²) < 4.78 is 0. The molecule has 0 bridgehead atoms. The standard InChI is InChI=1S/C2H5N3.C2H4O2/c1-2-4-5-3;1-2(3)4/h2H2,1H3;1H3,(H,3,4). The van der Waals surface area contributed by atoms with E-state index >= 15 is 0 Å². The van der Waals surface area contributed by atoms with Crippen LogP contribution in [-0.2, 0) is 4.79 Å². The van der Waals surface area contributed by atoms with E-state index in [9.17, 15) is 0 Å². The van der Waals surface area contributed by atoms with Crippen molar-refractivity contribution in [1.29, 1.82) is 0 Å². The summed E-state index contributed by atoms with van der Waals surface area (Å²) in [5, 5.41) is 10.6. The van der Waals surface area contributed by atoms with E-state index in [0.29, 0.717) is 6.54 Å².